The Kier molecular flexibility index (Phi) is 5.97. The Balaban J connectivity index is 1.54. The van der Waals surface area contributed by atoms with E-state index in [9.17, 15) is 14.4 Å². The molecular weight excluding hydrogens is 380 g/mol. The topological polar surface area (TPSA) is 73.0 Å². The smallest absolute Gasteiger partial charge is 0.256 e. The highest BCUT2D eigenvalue weighted by atomic mass is 16.2. The molecule has 0 aromatic heterocycles. The zero-order chi connectivity index (χ0) is 21.3. The molecule has 1 N–H and O–H groups in total. The summed E-state index contributed by atoms with van der Waals surface area (Å²) in [5, 5.41) is 2.92. The molecule has 0 atom stereocenters. The molecule has 1 aromatic rings. The van der Waals surface area contributed by atoms with E-state index in [0.29, 0.717) is 24.3 Å². The van der Waals surface area contributed by atoms with Crippen molar-refractivity contribution < 1.29 is 14.4 Å². The zero-order valence-electron chi connectivity index (χ0n) is 18.0. The fourth-order valence-corrected chi connectivity index (χ4v) is 4.19. The number of hydrogen-bond acceptors (Lipinski definition) is 4. The molecule has 2 saturated heterocycles. The summed E-state index contributed by atoms with van der Waals surface area (Å²) in [6.45, 7) is 8.09. The van der Waals surface area contributed by atoms with Crippen molar-refractivity contribution in [3.05, 3.63) is 23.8 Å². The van der Waals surface area contributed by atoms with Crippen LogP contribution in [0.15, 0.2) is 18.2 Å². The number of carbonyl (C=O) groups is 3. The maximum atomic E-state index is 13.3. The van der Waals surface area contributed by atoms with Gasteiger partial charge in [-0.2, -0.15) is 0 Å². The van der Waals surface area contributed by atoms with Crippen molar-refractivity contribution in [2.45, 2.75) is 39.5 Å². The van der Waals surface area contributed by atoms with Gasteiger partial charge in [0.05, 0.1) is 5.56 Å². The molecule has 7 nitrogen and oxygen atoms in total. The number of rotatable bonds is 5. The van der Waals surface area contributed by atoms with Crippen LogP contribution in [-0.2, 0) is 9.59 Å². The highest BCUT2D eigenvalue weighted by Crippen LogP contribution is 2.32. The first-order chi connectivity index (χ1) is 14.4. The lowest BCUT2D eigenvalue weighted by Gasteiger charge is -2.37. The van der Waals surface area contributed by atoms with E-state index in [1.165, 1.54) is 0 Å². The van der Waals surface area contributed by atoms with Crippen molar-refractivity contribution in [3.63, 3.8) is 0 Å². The number of benzene rings is 1. The number of nitrogens with zero attached hydrogens (tertiary/aromatic N) is 3. The second-order valence-corrected chi connectivity index (χ2v) is 8.96. The lowest BCUT2D eigenvalue weighted by Crippen LogP contribution is -2.49. The molecule has 1 aromatic carbocycles. The van der Waals surface area contributed by atoms with Crippen molar-refractivity contribution in [1.82, 2.24) is 9.80 Å². The van der Waals surface area contributed by atoms with Crippen LogP contribution < -0.4 is 10.2 Å². The van der Waals surface area contributed by atoms with Gasteiger partial charge in [-0.3, -0.25) is 14.4 Å². The second-order valence-electron chi connectivity index (χ2n) is 8.96. The Morgan fingerprint density at radius 1 is 0.933 bits per heavy atom. The van der Waals surface area contributed by atoms with Gasteiger partial charge in [-0.25, -0.2) is 0 Å². The fraction of sp³-hybridized carbons (Fsp3) is 0.609. The lowest BCUT2D eigenvalue weighted by molar-refractivity contribution is -0.132. The quantitative estimate of drug-likeness (QED) is 0.807. The van der Waals surface area contributed by atoms with E-state index in [4.69, 9.17) is 0 Å². The summed E-state index contributed by atoms with van der Waals surface area (Å²) in [5.41, 5.74) is 2.19. The molecule has 0 spiro atoms. The molecule has 4 rings (SSSR count). The summed E-state index contributed by atoms with van der Waals surface area (Å²) < 4.78 is 0. The minimum absolute atomic E-state index is 0.0274. The maximum Gasteiger partial charge on any atom is 0.256 e. The lowest BCUT2D eigenvalue weighted by atomic mass is 10.1. The predicted octanol–water partition coefficient (Wildman–Crippen LogP) is 2.58. The van der Waals surface area contributed by atoms with Gasteiger partial charge in [0.15, 0.2) is 0 Å². The van der Waals surface area contributed by atoms with Crippen LogP contribution in [0.3, 0.4) is 0 Å². The van der Waals surface area contributed by atoms with Crippen molar-refractivity contribution in [2.75, 3.05) is 49.5 Å². The van der Waals surface area contributed by atoms with Crippen LogP contribution >= 0.6 is 0 Å². The van der Waals surface area contributed by atoms with E-state index in [2.05, 4.69) is 10.2 Å². The van der Waals surface area contributed by atoms with E-state index >= 15 is 0 Å². The zero-order valence-corrected chi connectivity index (χ0v) is 18.0. The monoisotopic (exact) mass is 412 g/mol. The number of hydrogen-bond donors (Lipinski definition) is 1. The summed E-state index contributed by atoms with van der Waals surface area (Å²) in [6.07, 6.45) is 4.12. The molecule has 1 saturated carbocycles. The van der Waals surface area contributed by atoms with Gasteiger partial charge in [0, 0.05) is 62.5 Å². The number of likely N-dealkylation sites (tertiary alicyclic amines) is 1. The number of amides is 3. The SMILES string of the molecule is CC(C)C(=O)Nc1ccc(N2CCN(C(=O)C3CC3)CC2)c(C(=O)N2CCCC2)c1. The van der Waals surface area contributed by atoms with Gasteiger partial charge in [0.2, 0.25) is 11.8 Å². The fourth-order valence-electron chi connectivity index (χ4n) is 4.19. The largest absolute Gasteiger partial charge is 0.367 e. The molecule has 2 heterocycles. The summed E-state index contributed by atoms with van der Waals surface area (Å²) in [5.74, 6) is 0.371. The van der Waals surface area contributed by atoms with Crippen LogP contribution in [0.1, 0.15) is 49.9 Å². The van der Waals surface area contributed by atoms with Crippen molar-refractivity contribution in [2.24, 2.45) is 11.8 Å². The molecule has 2 aliphatic heterocycles. The van der Waals surface area contributed by atoms with Gasteiger partial charge < -0.3 is 20.0 Å². The van der Waals surface area contributed by atoms with Crippen LogP contribution in [0.5, 0.6) is 0 Å². The van der Waals surface area contributed by atoms with Crippen LogP contribution in [0.2, 0.25) is 0 Å². The number of piperazine rings is 1. The molecule has 3 fully saturated rings. The van der Waals surface area contributed by atoms with Gasteiger partial charge in [-0.1, -0.05) is 13.8 Å². The second kappa shape index (κ2) is 8.66. The Labute approximate surface area is 178 Å². The third-order valence-electron chi connectivity index (χ3n) is 6.27. The van der Waals surface area contributed by atoms with Gasteiger partial charge in [-0.15, -0.1) is 0 Å². The van der Waals surface area contributed by atoms with Crippen LogP contribution in [-0.4, -0.2) is 66.8 Å². The van der Waals surface area contributed by atoms with E-state index in [0.717, 1.165) is 57.5 Å². The van der Waals surface area contributed by atoms with Crippen LogP contribution in [0, 0.1) is 11.8 Å². The number of carbonyl (C=O) groups excluding carboxylic acids is 3. The molecule has 3 amide bonds. The standard InChI is InChI=1S/C23H32N4O3/c1-16(2)21(28)24-18-7-8-20(19(15-18)23(30)26-9-3-4-10-26)25-11-13-27(14-12-25)22(29)17-5-6-17/h7-8,15-17H,3-6,9-14H2,1-2H3,(H,24,28). The average Bonchev–Trinajstić information content (AvgIpc) is 3.46. The molecule has 162 valence electrons. The molecule has 0 radical (unpaired) electrons. The Morgan fingerprint density at radius 3 is 2.20 bits per heavy atom. The highest BCUT2D eigenvalue weighted by Gasteiger charge is 2.35. The molecule has 7 heteroatoms. The minimum atomic E-state index is -0.125. The first-order valence-electron chi connectivity index (χ1n) is 11.2. The van der Waals surface area contributed by atoms with E-state index in [-0.39, 0.29) is 29.6 Å². The maximum absolute atomic E-state index is 13.3. The van der Waals surface area contributed by atoms with E-state index in [1.54, 1.807) is 0 Å². The van der Waals surface area contributed by atoms with Crippen molar-refractivity contribution in [1.29, 1.82) is 0 Å². The average molecular weight is 413 g/mol. The van der Waals surface area contributed by atoms with E-state index in [1.807, 2.05) is 41.8 Å². The first-order valence-corrected chi connectivity index (χ1v) is 11.2. The highest BCUT2D eigenvalue weighted by molar-refractivity contribution is 6.02. The minimum Gasteiger partial charge on any atom is -0.367 e. The molecule has 0 bridgehead atoms. The van der Waals surface area contributed by atoms with Gasteiger partial charge in [0.1, 0.15) is 0 Å². The van der Waals surface area contributed by atoms with Gasteiger partial charge in [-0.05, 0) is 43.9 Å². The predicted molar refractivity (Wildman–Crippen MR) is 117 cm³/mol. The molecule has 3 aliphatic rings. The summed E-state index contributed by atoms with van der Waals surface area (Å²) in [6, 6.07) is 5.63. The van der Waals surface area contributed by atoms with E-state index < -0.39 is 0 Å². The van der Waals surface area contributed by atoms with Gasteiger partial charge >= 0.3 is 0 Å². The molecule has 0 unspecified atom stereocenters. The molecule has 30 heavy (non-hydrogen) atoms. The first kappa shape index (κ1) is 20.7. The Bertz CT molecular complexity index is 820. The third-order valence-corrected chi connectivity index (χ3v) is 6.27. The summed E-state index contributed by atoms with van der Waals surface area (Å²) in [4.78, 5) is 43.8. The molecular formula is C23H32N4O3. The Hall–Kier alpha value is -2.57. The van der Waals surface area contributed by atoms with Crippen LogP contribution in [0.4, 0.5) is 11.4 Å². The van der Waals surface area contributed by atoms with Crippen molar-refractivity contribution >= 4 is 29.1 Å². The van der Waals surface area contributed by atoms with Crippen molar-refractivity contribution in [3.8, 4) is 0 Å². The number of nitrogens with one attached hydrogen (secondary N) is 1. The summed E-state index contributed by atoms with van der Waals surface area (Å²) >= 11 is 0. The number of anilines is 2. The molecule has 1 aliphatic carbocycles. The Morgan fingerprint density at radius 2 is 1.60 bits per heavy atom. The third kappa shape index (κ3) is 4.45. The van der Waals surface area contributed by atoms with Crippen LogP contribution in [0.25, 0.3) is 0 Å². The normalized spacial score (nSPS) is 19.4. The summed E-state index contributed by atoms with van der Waals surface area (Å²) in [7, 11) is 0. The van der Waals surface area contributed by atoms with Gasteiger partial charge in [0.25, 0.3) is 5.91 Å².